The summed E-state index contributed by atoms with van der Waals surface area (Å²) in [7, 11) is 0. The lowest BCUT2D eigenvalue weighted by Crippen LogP contribution is -2.16. The monoisotopic (exact) mass is 252 g/mol. The average molecular weight is 252 g/mol. The zero-order chi connectivity index (χ0) is 12.7. The van der Waals surface area contributed by atoms with Crippen molar-refractivity contribution in [2.24, 2.45) is 0 Å². The fraction of sp³-hybridized carbons (Fsp3) is 0.444. The first-order valence-corrected chi connectivity index (χ1v) is 5.32. The summed E-state index contributed by atoms with van der Waals surface area (Å²) in [6, 6.07) is 0. The SMILES string of the molecule is Nc1nc(N)c2ncn(C3OCC(CO)O3)c2n1. The first-order valence-electron chi connectivity index (χ1n) is 5.32. The number of hydrogen-bond donors (Lipinski definition) is 3. The Morgan fingerprint density at radius 3 is 3.00 bits per heavy atom. The Labute approximate surface area is 101 Å². The molecule has 1 aliphatic heterocycles. The molecule has 9 nitrogen and oxygen atoms in total. The molecule has 0 amide bonds. The van der Waals surface area contributed by atoms with Crippen LogP contribution in [-0.2, 0) is 9.47 Å². The van der Waals surface area contributed by atoms with E-state index in [2.05, 4.69) is 15.0 Å². The highest BCUT2D eigenvalue weighted by Gasteiger charge is 2.28. The van der Waals surface area contributed by atoms with Crippen molar-refractivity contribution in [2.45, 2.75) is 12.5 Å². The highest BCUT2D eigenvalue weighted by molar-refractivity contribution is 5.82. The zero-order valence-electron chi connectivity index (χ0n) is 9.35. The fourth-order valence-electron chi connectivity index (χ4n) is 1.78. The Kier molecular flexibility index (Phi) is 2.51. The van der Waals surface area contributed by atoms with Crippen LogP contribution in [0.5, 0.6) is 0 Å². The van der Waals surface area contributed by atoms with Crippen molar-refractivity contribution >= 4 is 22.9 Å². The molecule has 0 saturated carbocycles. The van der Waals surface area contributed by atoms with Gasteiger partial charge in [0.25, 0.3) is 0 Å². The van der Waals surface area contributed by atoms with Crippen LogP contribution in [0.2, 0.25) is 0 Å². The van der Waals surface area contributed by atoms with Gasteiger partial charge in [-0.2, -0.15) is 9.97 Å². The van der Waals surface area contributed by atoms with Crippen molar-refractivity contribution in [1.29, 1.82) is 0 Å². The van der Waals surface area contributed by atoms with Crippen molar-refractivity contribution in [3.63, 3.8) is 0 Å². The lowest BCUT2D eigenvalue weighted by molar-refractivity contribution is -0.117. The first-order chi connectivity index (χ1) is 8.69. The molecule has 2 aromatic rings. The summed E-state index contributed by atoms with van der Waals surface area (Å²) in [5, 5.41) is 8.99. The van der Waals surface area contributed by atoms with Gasteiger partial charge in [0.2, 0.25) is 12.4 Å². The van der Waals surface area contributed by atoms with Gasteiger partial charge in [-0.3, -0.25) is 4.57 Å². The van der Waals surface area contributed by atoms with Crippen LogP contribution in [0.3, 0.4) is 0 Å². The molecule has 3 heterocycles. The molecule has 0 aliphatic carbocycles. The summed E-state index contributed by atoms with van der Waals surface area (Å²) in [6.07, 6.45) is 0.435. The molecule has 5 N–H and O–H groups in total. The Bertz CT molecular complexity index is 585. The minimum Gasteiger partial charge on any atom is -0.394 e. The predicted molar refractivity (Wildman–Crippen MR) is 61.1 cm³/mol. The minimum absolute atomic E-state index is 0.0541. The van der Waals surface area contributed by atoms with Gasteiger partial charge in [0.15, 0.2) is 17.0 Å². The van der Waals surface area contributed by atoms with Crippen LogP contribution >= 0.6 is 0 Å². The molecule has 0 spiro atoms. The molecule has 0 radical (unpaired) electrons. The molecule has 18 heavy (non-hydrogen) atoms. The van der Waals surface area contributed by atoms with Gasteiger partial charge in [-0.25, -0.2) is 4.98 Å². The molecule has 0 bridgehead atoms. The molecule has 1 aliphatic rings. The van der Waals surface area contributed by atoms with Crippen molar-refractivity contribution in [3.8, 4) is 0 Å². The third-order valence-electron chi connectivity index (χ3n) is 2.63. The van der Waals surface area contributed by atoms with Crippen molar-refractivity contribution < 1.29 is 14.6 Å². The van der Waals surface area contributed by atoms with Crippen LogP contribution < -0.4 is 11.5 Å². The third kappa shape index (κ3) is 1.65. The molecule has 1 fully saturated rings. The number of ether oxygens (including phenoxy) is 2. The van der Waals surface area contributed by atoms with Gasteiger partial charge >= 0.3 is 0 Å². The molecule has 9 heteroatoms. The second kappa shape index (κ2) is 4.05. The fourth-order valence-corrected chi connectivity index (χ4v) is 1.78. The molecule has 0 aromatic carbocycles. The Morgan fingerprint density at radius 1 is 1.44 bits per heavy atom. The van der Waals surface area contributed by atoms with E-state index in [1.807, 2.05) is 0 Å². The number of rotatable bonds is 2. The van der Waals surface area contributed by atoms with Gasteiger partial charge in [0.1, 0.15) is 12.4 Å². The summed E-state index contributed by atoms with van der Waals surface area (Å²) in [5.41, 5.74) is 12.1. The smallest absolute Gasteiger partial charge is 0.247 e. The Balaban J connectivity index is 2.03. The summed E-state index contributed by atoms with van der Waals surface area (Å²) >= 11 is 0. The topological polar surface area (TPSA) is 134 Å². The summed E-state index contributed by atoms with van der Waals surface area (Å²) in [4.78, 5) is 12.0. The van der Waals surface area contributed by atoms with Crippen molar-refractivity contribution in [1.82, 2.24) is 19.5 Å². The summed E-state index contributed by atoms with van der Waals surface area (Å²) in [5.74, 6) is 0.256. The van der Waals surface area contributed by atoms with Gasteiger partial charge in [-0.1, -0.05) is 0 Å². The van der Waals surface area contributed by atoms with Crippen LogP contribution in [0.15, 0.2) is 6.33 Å². The first kappa shape index (κ1) is 11.1. The maximum Gasteiger partial charge on any atom is 0.247 e. The maximum atomic E-state index is 8.99. The number of imidazole rings is 1. The number of nitrogens with two attached hydrogens (primary N) is 2. The second-order valence-electron chi connectivity index (χ2n) is 3.87. The Morgan fingerprint density at radius 2 is 2.28 bits per heavy atom. The molecule has 2 unspecified atom stereocenters. The number of fused-ring (bicyclic) bond motifs is 1. The van der Waals surface area contributed by atoms with Gasteiger partial charge in [0.05, 0.1) is 13.2 Å². The molecule has 1 saturated heterocycles. The van der Waals surface area contributed by atoms with E-state index in [9.17, 15) is 0 Å². The molecular formula is C9H12N6O3. The Hall–Kier alpha value is -1.97. The number of nitrogen functional groups attached to an aromatic ring is 2. The minimum atomic E-state index is -0.694. The quantitative estimate of drug-likeness (QED) is 0.610. The van der Waals surface area contributed by atoms with Crippen LogP contribution in [0.25, 0.3) is 11.2 Å². The highest BCUT2D eigenvalue weighted by atomic mass is 16.7. The molecule has 96 valence electrons. The second-order valence-corrected chi connectivity index (χ2v) is 3.87. The number of anilines is 2. The van der Waals surface area contributed by atoms with Crippen LogP contribution in [0, 0.1) is 0 Å². The maximum absolute atomic E-state index is 8.99. The van der Waals surface area contributed by atoms with Crippen molar-refractivity contribution in [3.05, 3.63) is 6.33 Å². The van der Waals surface area contributed by atoms with Crippen LogP contribution in [0.1, 0.15) is 6.41 Å². The van der Waals surface area contributed by atoms with E-state index in [-0.39, 0.29) is 24.5 Å². The van der Waals surface area contributed by atoms with Crippen molar-refractivity contribution in [2.75, 3.05) is 24.7 Å². The standard InChI is InChI=1S/C9H12N6O3/c10-6-5-7(14-8(11)13-6)15(3-12-5)9-17-2-4(1-16)18-9/h3-4,9,16H,1-2H2,(H4,10,11,13,14). The highest BCUT2D eigenvalue weighted by Crippen LogP contribution is 2.26. The number of aliphatic hydroxyl groups excluding tert-OH is 1. The molecule has 3 rings (SSSR count). The van der Waals surface area contributed by atoms with Gasteiger partial charge in [0, 0.05) is 0 Å². The summed E-state index contributed by atoms with van der Waals surface area (Å²) < 4.78 is 12.4. The number of aliphatic hydroxyl groups is 1. The van der Waals surface area contributed by atoms with Gasteiger partial charge in [-0.05, 0) is 0 Å². The lowest BCUT2D eigenvalue weighted by atomic mass is 10.4. The number of nitrogens with zero attached hydrogens (tertiary/aromatic N) is 4. The van der Waals surface area contributed by atoms with E-state index < -0.39 is 6.41 Å². The number of hydrogen-bond acceptors (Lipinski definition) is 8. The van der Waals surface area contributed by atoms with Crippen LogP contribution in [-0.4, -0.2) is 43.9 Å². The normalized spacial score (nSPS) is 23.8. The molecular weight excluding hydrogens is 240 g/mol. The van der Waals surface area contributed by atoms with E-state index in [1.165, 1.54) is 6.33 Å². The summed E-state index contributed by atoms with van der Waals surface area (Å²) in [6.45, 7) is 0.194. The molecule has 2 aromatic heterocycles. The van der Waals surface area contributed by atoms with E-state index in [1.54, 1.807) is 4.57 Å². The van der Waals surface area contributed by atoms with E-state index >= 15 is 0 Å². The molecule has 2 atom stereocenters. The zero-order valence-corrected chi connectivity index (χ0v) is 9.35. The van der Waals surface area contributed by atoms with E-state index in [0.29, 0.717) is 17.8 Å². The van der Waals surface area contributed by atoms with Gasteiger partial charge < -0.3 is 26.0 Å². The van der Waals surface area contributed by atoms with E-state index in [4.69, 9.17) is 26.0 Å². The largest absolute Gasteiger partial charge is 0.394 e. The number of aromatic nitrogens is 4. The van der Waals surface area contributed by atoms with Gasteiger partial charge in [-0.15, -0.1) is 0 Å². The average Bonchev–Trinajstić information content (AvgIpc) is 2.93. The van der Waals surface area contributed by atoms with Crippen LogP contribution in [0.4, 0.5) is 11.8 Å². The van der Waals surface area contributed by atoms with E-state index in [0.717, 1.165) is 0 Å². The predicted octanol–water partition coefficient (Wildman–Crippen LogP) is -1.15. The lowest BCUT2D eigenvalue weighted by Gasteiger charge is -2.11. The third-order valence-corrected chi connectivity index (χ3v) is 2.63.